The van der Waals surface area contributed by atoms with Gasteiger partial charge in [-0.25, -0.2) is 0 Å². The van der Waals surface area contributed by atoms with Crippen LogP contribution in [0.4, 0.5) is 4.48 Å². The van der Waals surface area contributed by atoms with Crippen molar-refractivity contribution >= 4 is 5.91 Å². The summed E-state index contributed by atoms with van der Waals surface area (Å²) in [6.07, 6.45) is 0. The first-order valence-electron chi connectivity index (χ1n) is 2.77. The van der Waals surface area contributed by atoms with Crippen molar-refractivity contribution in [2.75, 3.05) is 20.1 Å². The Hall–Kier alpha value is -0.640. The van der Waals surface area contributed by atoms with Gasteiger partial charge in [-0.2, -0.15) is 5.12 Å². The highest BCUT2D eigenvalue weighted by atomic mass is 19.2. The average Bonchev–Trinajstić information content (AvgIpc) is 1.82. The van der Waals surface area contributed by atoms with Crippen molar-refractivity contribution in [1.29, 1.82) is 0 Å². The predicted octanol–water partition coefficient (Wildman–Crippen LogP) is -0.0612. The van der Waals surface area contributed by atoms with Crippen molar-refractivity contribution in [1.82, 2.24) is 10.4 Å². The largest absolute Gasteiger partial charge is 0.318 e. The van der Waals surface area contributed by atoms with Crippen molar-refractivity contribution in [2.45, 2.75) is 6.92 Å². The second kappa shape index (κ2) is 4.26. The summed E-state index contributed by atoms with van der Waals surface area (Å²) in [4.78, 5) is 10.2. The fourth-order valence-electron chi connectivity index (χ4n) is 0.367. The van der Waals surface area contributed by atoms with E-state index in [1.807, 2.05) is 0 Å². The van der Waals surface area contributed by atoms with Crippen LogP contribution in [-0.4, -0.2) is 31.2 Å². The molecule has 0 radical (unpaired) electrons. The number of carbonyl (C=O) groups excluding carboxylic acids is 1. The number of likely N-dealkylation sites (N-methyl/N-ethyl adjacent to an activating group) is 1. The van der Waals surface area contributed by atoms with E-state index in [4.69, 9.17) is 0 Å². The van der Waals surface area contributed by atoms with Crippen LogP contribution < -0.4 is 5.32 Å². The van der Waals surface area contributed by atoms with Gasteiger partial charge < -0.3 is 5.32 Å². The maximum atomic E-state index is 12.2. The van der Waals surface area contributed by atoms with Crippen LogP contribution in [0.25, 0.3) is 0 Å². The lowest BCUT2D eigenvalue weighted by atomic mass is 10.6. The van der Waals surface area contributed by atoms with Crippen LogP contribution in [0.2, 0.25) is 0 Å². The van der Waals surface area contributed by atoms with E-state index in [0.29, 0.717) is 6.54 Å². The zero-order valence-corrected chi connectivity index (χ0v) is 5.65. The van der Waals surface area contributed by atoms with Gasteiger partial charge in [0.25, 0.3) is 0 Å². The molecule has 0 bridgehead atoms. The first-order chi connectivity index (χ1) is 4.18. The maximum Gasteiger partial charge on any atom is 0.247 e. The van der Waals surface area contributed by atoms with E-state index < -0.39 is 5.91 Å². The van der Waals surface area contributed by atoms with Crippen LogP contribution in [0, 0.1) is 0 Å². The minimum atomic E-state index is -0.551. The van der Waals surface area contributed by atoms with Gasteiger partial charge in [-0.3, -0.25) is 4.79 Å². The standard InChI is InChI=1S/C5H11FN2O/c1-5(9)8(6)4-3-7-2/h7H,3-4H2,1-2H3. The highest BCUT2D eigenvalue weighted by Crippen LogP contribution is 1.86. The maximum absolute atomic E-state index is 12.2. The van der Waals surface area contributed by atoms with E-state index >= 15 is 0 Å². The van der Waals surface area contributed by atoms with E-state index in [-0.39, 0.29) is 11.7 Å². The molecule has 0 aliphatic heterocycles. The minimum absolute atomic E-state index is 0.117. The molecule has 1 N–H and O–H groups in total. The number of nitrogens with one attached hydrogen (secondary N) is 1. The second-order valence-corrected chi connectivity index (χ2v) is 1.71. The summed E-state index contributed by atoms with van der Waals surface area (Å²) in [5, 5.41) is 2.90. The monoisotopic (exact) mass is 134 g/mol. The summed E-state index contributed by atoms with van der Waals surface area (Å²) >= 11 is 0. The Bertz CT molecular complexity index is 97.0. The summed E-state index contributed by atoms with van der Waals surface area (Å²) in [6, 6.07) is 0. The van der Waals surface area contributed by atoms with Gasteiger partial charge in [0, 0.05) is 13.5 Å². The molecule has 0 rings (SSSR count). The van der Waals surface area contributed by atoms with Crippen molar-refractivity contribution < 1.29 is 9.28 Å². The summed E-state index contributed by atoms with van der Waals surface area (Å²) in [6.45, 7) is 1.79. The molecule has 0 aliphatic rings. The van der Waals surface area contributed by atoms with E-state index in [0.717, 1.165) is 0 Å². The normalized spacial score (nSPS) is 9.22. The number of halogens is 1. The van der Waals surface area contributed by atoms with Crippen molar-refractivity contribution in [3.63, 3.8) is 0 Å². The highest BCUT2D eigenvalue weighted by Gasteiger charge is 2.03. The summed E-state index contributed by atoms with van der Waals surface area (Å²) in [5.74, 6) is -0.551. The van der Waals surface area contributed by atoms with Gasteiger partial charge in [0.2, 0.25) is 5.91 Å². The molecule has 9 heavy (non-hydrogen) atoms. The number of rotatable bonds is 3. The van der Waals surface area contributed by atoms with E-state index in [1.54, 1.807) is 7.05 Å². The van der Waals surface area contributed by atoms with Crippen molar-refractivity contribution in [2.24, 2.45) is 0 Å². The Morgan fingerprint density at radius 3 is 2.67 bits per heavy atom. The second-order valence-electron chi connectivity index (χ2n) is 1.71. The van der Waals surface area contributed by atoms with Gasteiger partial charge in [-0.15, -0.1) is 0 Å². The van der Waals surface area contributed by atoms with Gasteiger partial charge in [0.1, 0.15) is 0 Å². The van der Waals surface area contributed by atoms with Crippen LogP contribution in [0.3, 0.4) is 0 Å². The molecule has 0 aromatic heterocycles. The lowest BCUT2D eigenvalue weighted by Crippen LogP contribution is -2.27. The zero-order valence-electron chi connectivity index (χ0n) is 5.65. The lowest BCUT2D eigenvalue weighted by molar-refractivity contribution is -0.143. The SMILES string of the molecule is CNCCN(F)C(C)=O. The van der Waals surface area contributed by atoms with Gasteiger partial charge in [0.15, 0.2) is 0 Å². The molecular formula is C5H11FN2O. The quantitative estimate of drug-likeness (QED) is 0.548. The fraction of sp³-hybridized carbons (Fsp3) is 0.800. The number of hydrogen-bond donors (Lipinski definition) is 1. The molecule has 1 amide bonds. The molecular weight excluding hydrogens is 123 g/mol. The molecule has 0 unspecified atom stereocenters. The molecule has 3 nitrogen and oxygen atoms in total. The molecule has 4 heteroatoms. The topological polar surface area (TPSA) is 32.3 Å². The van der Waals surface area contributed by atoms with Crippen LogP contribution in [0.15, 0.2) is 0 Å². The minimum Gasteiger partial charge on any atom is -0.318 e. The van der Waals surface area contributed by atoms with Crippen LogP contribution >= 0.6 is 0 Å². The first kappa shape index (κ1) is 8.36. The number of amides is 1. The predicted molar refractivity (Wildman–Crippen MR) is 32.4 cm³/mol. The molecule has 0 aliphatic carbocycles. The Morgan fingerprint density at radius 1 is 1.78 bits per heavy atom. The Balaban J connectivity index is 3.27. The summed E-state index contributed by atoms with van der Waals surface area (Å²) < 4.78 is 12.2. The Morgan fingerprint density at radius 2 is 2.33 bits per heavy atom. The van der Waals surface area contributed by atoms with E-state index in [9.17, 15) is 9.28 Å². The highest BCUT2D eigenvalue weighted by molar-refractivity contribution is 5.71. The van der Waals surface area contributed by atoms with Crippen LogP contribution in [0.1, 0.15) is 6.92 Å². The summed E-state index contributed by atoms with van der Waals surface area (Å²) in [5.41, 5.74) is 0. The van der Waals surface area contributed by atoms with Crippen molar-refractivity contribution in [3.8, 4) is 0 Å². The fourth-order valence-corrected chi connectivity index (χ4v) is 0.367. The molecule has 0 saturated carbocycles. The zero-order chi connectivity index (χ0) is 7.28. The summed E-state index contributed by atoms with van der Waals surface area (Å²) in [7, 11) is 1.70. The van der Waals surface area contributed by atoms with Gasteiger partial charge in [0.05, 0.1) is 6.54 Å². The molecule has 0 spiro atoms. The third-order valence-electron chi connectivity index (χ3n) is 0.900. The van der Waals surface area contributed by atoms with Crippen LogP contribution in [0.5, 0.6) is 0 Å². The van der Waals surface area contributed by atoms with Crippen LogP contribution in [-0.2, 0) is 4.79 Å². The molecule has 0 aromatic carbocycles. The molecule has 0 heterocycles. The average molecular weight is 134 g/mol. The first-order valence-corrected chi connectivity index (χ1v) is 2.77. The molecule has 0 saturated heterocycles. The number of hydrogen-bond acceptors (Lipinski definition) is 2. The van der Waals surface area contributed by atoms with Gasteiger partial charge in [-0.1, -0.05) is 4.48 Å². The Labute approximate surface area is 53.8 Å². The smallest absolute Gasteiger partial charge is 0.247 e. The number of nitrogens with zero attached hydrogens (tertiary/aromatic N) is 1. The van der Waals surface area contributed by atoms with E-state index in [1.165, 1.54) is 6.92 Å². The molecule has 0 fully saturated rings. The molecule has 0 aromatic rings. The van der Waals surface area contributed by atoms with Gasteiger partial charge in [-0.05, 0) is 7.05 Å². The molecule has 0 atom stereocenters. The van der Waals surface area contributed by atoms with E-state index in [2.05, 4.69) is 5.32 Å². The third kappa shape index (κ3) is 3.90. The molecule has 54 valence electrons. The van der Waals surface area contributed by atoms with Gasteiger partial charge >= 0.3 is 0 Å². The van der Waals surface area contributed by atoms with Crippen molar-refractivity contribution in [3.05, 3.63) is 0 Å². The lowest BCUT2D eigenvalue weighted by Gasteiger charge is -2.07. The third-order valence-corrected chi connectivity index (χ3v) is 0.900. The number of carbonyl (C=O) groups is 1. The Kier molecular flexibility index (Phi) is 3.96.